The highest BCUT2D eigenvalue weighted by molar-refractivity contribution is 4.93. The minimum absolute atomic E-state index is 0.575. The van der Waals surface area contributed by atoms with Crippen LogP contribution in [0.25, 0.3) is 0 Å². The van der Waals surface area contributed by atoms with Crippen LogP contribution in [-0.4, -0.2) is 13.1 Å². The summed E-state index contributed by atoms with van der Waals surface area (Å²) in [7, 11) is 0. The quantitative estimate of drug-likeness (QED) is 0.659. The van der Waals surface area contributed by atoms with E-state index in [-0.39, 0.29) is 0 Å². The lowest BCUT2D eigenvalue weighted by Crippen LogP contribution is -2.35. The Morgan fingerprint density at radius 1 is 1.36 bits per heavy atom. The number of nitrogens with one attached hydrogen (secondary N) is 1. The fourth-order valence-corrected chi connectivity index (χ4v) is 2.51. The molecule has 1 saturated carbocycles. The van der Waals surface area contributed by atoms with Crippen molar-refractivity contribution in [2.75, 3.05) is 13.1 Å². The molecule has 0 aliphatic heterocycles. The van der Waals surface area contributed by atoms with E-state index in [4.69, 9.17) is 0 Å². The van der Waals surface area contributed by atoms with Gasteiger partial charge < -0.3 is 5.32 Å². The number of hydrogen-bond donors (Lipinski definition) is 1. The lowest BCUT2D eigenvalue weighted by atomic mass is 9.76. The smallest absolute Gasteiger partial charge is 0.000780 e. The van der Waals surface area contributed by atoms with Gasteiger partial charge in [-0.05, 0) is 43.1 Å². The summed E-state index contributed by atoms with van der Waals surface area (Å²) < 4.78 is 0. The molecule has 1 N–H and O–H groups in total. The van der Waals surface area contributed by atoms with Crippen molar-refractivity contribution in [3.8, 4) is 0 Å². The van der Waals surface area contributed by atoms with Crippen LogP contribution >= 0.6 is 0 Å². The van der Waals surface area contributed by atoms with Gasteiger partial charge in [0, 0.05) is 6.54 Å². The van der Waals surface area contributed by atoms with Crippen molar-refractivity contribution in [3.05, 3.63) is 0 Å². The Morgan fingerprint density at radius 3 is 2.43 bits per heavy atom. The molecule has 1 aliphatic carbocycles. The van der Waals surface area contributed by atoms with Crippen LogP contribution in [-0.2, 0) is 0 Å². The summed E-state index contributed by atoms with van der Waals surface area (Å²) in [5.74, 6) is 1.90. The Morgan fingerprint density at radius 2 is 2.00 bits per heavy atom. The molecule has 0 bridgehead atoms. The van der Waals surface area contributed by atoms with E-state index in [0.29, 0.717) is 5.41 Å². The van der Waals surface area contributed by atoms with Crippen molar-refractivity contribution in [1.29, 1.82) is 0 Å². The van der Waals surface area contributed by atoms with E-state index in [1.54, 1.807) is 0 Å². The highest BCUT2D eigenvalue weighted by Crippen LogP contribution is 2.48. The zero-order valence-corrected chi connectivity index (χ0v) is 10.4. The average molecular weight is 197 g/mol. The zero-order chi connectivity index (χ0) is 10.6. The molecule has 1 fully saturated rings. The SMILES string of the molecule is CCNCC(C)(CC(C)CC)C1CC1. The minimum Gasteiger partial charge on any atom is -0.316 e. The largest absolute Gasteiger partial charge is 0.316 e. The van der Waals surface area contributed by atoms with Crippen LogP contribution in [0.3, 0.4) is 0 Å². The van der Waals surface area contributed by atoms with E-state index in [2.05, 4.69) is 33.0 Å². The second-order valence-corrected chi connectivity index (χ2v) is 5.43. The number of hydrogen-bond acceptors (Lipinski definition) is 1. The summed E-state index contributed by atoms with van der Waals surface area (Å²) in [5, 5.41) is 3.54. The molecule has 84 valence electrons. The van der Waals surface area contributed by atoms with Crippen molar-refractivity contribution < 1.29 is 0 Å². The van der Waals surface area contributed by atoms with E-state index in [9.17, 15) is 0 Å². The summed E-state index contributed by atoms with van der Waals surface area (Å²) >= 11 is 0. The summed E-state index contributed by atoms with van der Waals surface area (Å²) in [5.41, 5.74) is 0.575. The van der Waals surface area contributed by atoms with E-state index in [1.807, 2.05) is 0 Å². The van der Waals surface area contributed by atoms with Crippen molar-refractivity contribution in [3.63, 3.8) is 0 Å². The molecular formula is C13H27N. The average Bonchev–Trinajstić information content (AvgIpc) is 2.98. The molecule has 2 atom stereocenters. The van der Waals surface area contributed by atoms with Crippen LogP contribution in [0.4, 0.5) is 0 Å². The Hall–Kier alpha value is -0.0400. The molecule has 2 unspecified atom stereocenters. The van der Waals surface area contributed by atoms with E-state index < -0.39 is 0 Å². The molecule has 0 amide bonds. The highest BCUT2D eigenvalue weighted by Gasteiger charge is 2.41. The summed E-state index contributed by atoms with van der Waals surface area (Å²) in [6, 6.07) is 0. The van der Waals surface area contributed by atoms with Crippen LogP contribution in [0.1, 0.15) is 53.4 Å². The van der Waals surface area contributed by atoms with Crippen LogP contribution in [0.15, 0.2) is 0 Å². The fourth-order valence-electron chi connectivity index (χ4n) is 2.51. The first kappa shape index (κ1) is 12.0. The van der Waals surface area contributed by atoms with Gasteiger partial charge in [0.05, 0.1) is 0 Å². The van der Waals surface area contributed by atoms with Gasteiger partial charge in [0.1, 0.15) is 0 Å². The maximum Gasteiger partial charge on any atom is 0.000780 e. The first-order valence-electron chi connectivity index (χ1n) is 6.33. The predicted octanol–water partition coefficient (Wildman–Crippen LogP) is 3.45. The fraction of sp³-hybridized carbons (Fsp3) is 1.00. The Bertz CT molecular complexity index is 163. The molecule has 1 nitrogen and oxygen atoms in total. The standard InChI is InChI=1S/C13H27N/c1-5-11(3)9-13(4,10-14-6-2)12-7-8-12/h11-12,14H,5-10H2,1-4H3. The Labute approximate surface area is 89.7 Å². The van der Waals surface area contributed by atoms with Crippen LogP contribution < -0.4 is 5.32 Å². The molecule has 0 radical (unpaired) electrons. The molecule has 0 heterocycles. The van der Waals surface area contributed by atoms with Crippen LogP contribution in [0.5, 0.6) is 0 Å². The molecule has 0 aromatic rings. The maximum absolute atomic E-state index is 3.54. The molecule has 14 heavy (non-hydrogen) atoms. The van der Waals surface area contributed by atoms with Gasteiger partial charge in [0.25, 0.3) is 0 Å². The normalized spacial score (nSPS) is 23.1. The van der Waals surface area contributed by atoms with Crippen molar-refractivity contribution >= 4 is 0 Å². The topological polar surface area (TPSA) is 12.0 Å². The van der Waals surface area contributed by atoms with Crippen molar-refractivity contribution in [2.45, 2.75) is 53.4 Å². The summed E-state index contributed by atoms with van der Waals surface area (Å²) in [4.78, 5) is 0. The van der Waals surface area contributed by atoms with Gasteiger partial charge in [-0.25, -0.2) is 0 Å². The minimum atomic E-state index is 0.575. The lowest BCUT2D eigenvalue weighted by molar-refractivity contribution is 0.199. The van der Waals surface area contributed by atoms with Gasteiger partial charge in [0.2, 0.25) is 0 Å². The summed E-state index contributed by atoms with van der Waals surface area (Å²) in [6.45, 7) is 11.7. The molecule has 0 saturated heterocycles. The van der Waals surface area contributed by atoms with Gasteiger partial charge in [-0.2, -0.15) is 0 Å². The molecule has 1 rings (SSSR count). The molecule has 1 heteroatoms. The second kappa shape index (κ2) is 5.16. The van der Waals surface area contributed by atoms with Crippen molar-refractivity contribution in [1.82, 2.24) is 5.32 Å². The monoisotopic (exact) mass is 197 g/mol. The molecule has 0 aromatic carbocycles. The molecule has 0 spiro atoms. The molecule has 0 aromatic heterocycles. The predicted molar refractivity (Wildman–Crippen MR) is 63.4 cm³/mol. The first-order valence-corrected chi connectivity index (χ1v) is 6.33. The third-order valence-electron chi connectivity index (χ3n) is 3.85. The summed E-state index contributed by atoms with van der Waals surface area (Å²) in [6.07, 6.45) is 5.67. The maximum atomic E-state index is 3.54. The Kier molecular flexibility index (Phi) is 4.43. The Balaban J connectivity index is 2.43. The van der Waals surface area contributed by atoms with E-state index >= 15 is 0 Å². The van der Waals surface area contributed by atoms with Crippen LogP contribution in [0, 0.1) is 17.3 Å². The van der Waals surface area contributed by atoms with Gasteiger partial charge in [-0.15, -0.1) is 0 Å². The third-order valence-corrected chi connectivity index (χ3v) is 3.85. The molecule has 1 aliphatic rings. The first-order chi connectivity index (χ1) is 6.62. The number of rotatable bonds is 7. The van der Waals surface area contributed by atoms with E-state index in [1.165, 1.54) is 32.2 Å². The zero-order valence-electron chi connectivity index (χ0n) is 10.4. The van der Waals surface area contributed by atoms with Gasteiger partial charge >= 0.3 is 0 Å². The van der Waals surface area contributed by atoms with Gasteiger partial charge in [0.15, 0.2) is 0 Å². The van der Waals surface area contributed by atoms with Crippen LogP contribution in [0.2, 0.25) is 0 Å². The van der Waals surface area contributed by atoms with Gasteiger partial charge in [-0.3, -0.25) is 0 Å². The third kappa shape index (κ3) is 3.27. The van der Waals surface area contributed by atoms with E-state index in [0.717, 1.165) is 18.4 Å². The van der Waals surface area contributed by atoms with Crippen molar-refractivity contribution in [2.24, 2.45) is 17.3 Å². The molecular weight excluding hydrogens is 170 g/mol. The van der Waals surface area contributed by atoms with Gasteiger partial charge in [-0.1, -0.05) is 34.1 Å². The second-order valence-electron chi connectivity index (χ2n) is 5.43. The lowest BCUT2D eigenvalue weighted by Gasteiger charge is -2.32. The highest BCUT2D eigenvalue weighted by atomic mass is 14.9.